The molecule has 0 spiro atoms. The molecule has 1 aliphatic rings. The highest BCUT2D eigenvalue weighted by Crippen LogP contribution is 2.33. The molecule has 0 atom stereocenters. The highest BCUT2D eigenvalue weighted by atomic mass is 32.2. The van der Waals surface area contributed by atoms with E-state index in [4.69, 9.17) is 0 Å². The first kappa shape index (κ1) is 13.0. The van der Waals surface area contributed by atoms with Gasteiger partial charge in [-0.3, -0.25) is 4.79 Å². The fraction of sp³-hybridized carbons (Fsp3) is 0.385. The lowest BCUT2D eigenvalue weighted by Crippen LogP contribution is -2.12. The highest BCUT2D eigenvalue weighted by molar-refractivity contribution is 7.98. The van der Waals surface area contributed by atoms with Crippen LogP contribution >= 0.6 is 23.1 Å². The number of aromatic nitrogens is 5. The van der Waals surface area contributed by atoms with Crippen LogP contribution in [0.25, 0.3) is 10.2 Å². The maximum atomic E-state index is 12.4. The molecule has 0 aliphatic heterocycles. The topological polar surface area (TPSA) is 87.3 Å². The van der Waals surface area contributed by atoms with Crippen LogP contribution in [0.4, 0.5) is 0 Å². The SMILES string of the molecule is O=c1[nH]c(CSc2cn[nH]n2)nc2sc3c(c12)CCCC3. The third kappa shape index (κ3) is 2.38. The number of hydrogen-bond donors (Lipinski definition) is 2. The van der Waals surface area contributed by atoms with Crippen LogP contribution in [-0.2, 0) is 18.6 Å². The van der Waals surface area contributed by atoms with Crippen molar-refractivity contribution >= 4 is 33.3 Å². The first-order valence-electron chi connectivity index (χ1n) is 6.83. The molecule has 3 aromatic rings. The van der Waals surface area contributed by atoms with Gasteiger partial charge in [-0.25, -0.2) is 4.98 Å². The summed E-state index contributed by atoms with van der Waals surface area (Å²) in [5, 5.41) is 11.9. The van der Waals surface area contributed by atoms with Gasteiger partial charge in [-0.05, 0) is 31.2 Å². The predicted octanol–water partition coefficient (Wildman–Crippen LogP) is 2.27. The monoisotopic (exact) mass is 319 g/mol. The molecular formula is C13H13N5OS2. The number of hydrogen-bond acceptors (Lipinski definition) is 6. The fourth-order valence-electron chi connectivity index (χ4n) is 2.68. The molecule has 108 valence electrons. The third-order valence-electron chi connectivity index (χ3n) is 3.62. The second-order valence-electron chi connectivity index (χ2n) is 5.00. The number of aromatic amines is 2. The Morgan fingerprint density at radius 3 is 3.10 bits per heavy atom. The Bertz CT molecular complexity index is 836. The van der Waals surface area contributed by atoms with Crippen molar-refractivity contribution in [2.45, 2.75) is 36.5 Å². The van der Waals surface area contributed by atoms with Crippen LogP contribution in [0.1, 0.15) is 29.1 Å². The van der Waals surface area contributed by atoms with Crippen LogP contribution in [0.3, 0.4) is 0 Å². The summed E-state index contributed by atoms with van der Waals surface area (Å²) in [4.78, 5) is 22.1. The smallest absolute Gasteiger partial charge is 0.259 e. The number of nitrogens with one attached hydrogen (secondary N) is 2. The van der Waals surface area contributed by atoms with Gasteiger partial charge >= 0.3 is 0 Å². The van der Waals surface area contributed by atoms with Crippen molar-refractivity contribution in [3.63, 3.8) is 0 Å². The minimum Gasteiger partial charge on any atom is -0.309 e. The number of fused-ring (bicyclic) bond motifs is 3. The van der Waals surface area contributed by atoms with Gasteiger partial charge in [0, 0.05) is 4.88 Å². The number of thiophene rings is 1. The summed E-state index contributed by atoms with van der Waals surface area (Å²) in [5.74, 6) is 1.28. The summed E-state index contributed by atoms with van der Waals surface area (Å²) in [6.07, 6.45) is 6.13. The number of H-pyrrole nitrogens is 2. The molecule has 0 amide bonds. The van der Waals surface area contributed by atoms with Gasteiger partial charge in [-0.1, -0.05) is 11.8 Å². The third-order valence-corrected chi connectivity index (χ3v) is 5.72. The quantitative estimate of drug-likeness (QED) is 0.723. The molecule has 0 bridgehead atoms. The zero-order valence-electron chi connectivity index (χ0n) is 11.2. The van der Waals surface area contributed by atoms with Crippen LogP contribution < -0.4 is 5.56 Å². The summed E-state index contributed by atoms with van der Waals surface area (Å²) in [5.41, 5.74) is 1.22. The number of nitrogens with zero attached hydrogens (tertiary/aromatic N) is 3. The zero-order valence-corrected chi connectivity index (χ0v) is 12.8. The molecule has 3 aromatic heterocycles. The lowest BCUT2D eigenvalue weighted by atomic mass is 9.97. The molecule has 4 rings (SSSR count). The van der Waals surface area contributed by atoms with E-state index in [1.54, 1.807) is 17.5 Å². The first-order valence-corrected chi connectivity index (χ1v) is 8.63. The Hall–Kier alpha value is -1.67. The lowest BCUT2D eigenvalue weighted by molar-refractivity contribution is 0.700. The molecule has 0 radical (unpaired) electrons. The molecule has 3 heterocycles. The van der Waals surface area contributed by atoms with Crippen molar-refractivity contribution in [3.8, 4) is 0 Å². The number of thioether (sulfide) groups is 1. The molecule has 1 aliphatic carbocycles. The summed E-state index contributed by atoms with van der Waals surface area (Å²) < 4.78 is 0. The predicted molar refractivity (Wildman–Crippen MR) is 82.8 cm³/mol. The van der Waals surface area contributed by atoms with Gasteiger partial charge in [0.05, 0.1) is 17.3 Å². The normalized spacial score (nSPS) is 14.5. The van der Waals surface area contributed by atoms with E-state index in [9.17, 15) is 4.79 Å². The van der Waals surface area contributed by atoms with E-state index in [0.29, 0.717) is 11.6 Å². The van der Waals surface area contributed by atoms with Crippen LogP contribution in [0.2, 0.25) is 0 Å². The van der Waals surface area contributed by atoms with E-state index in [-0.39, 0.29) is 5.56 Å². The van der Waals surface area contributed by atoms with E-state index in [0.717, 1.165) is 28.1 Å². The Balaban J connectivity index is 1.70. The molecule has 21 heavy (non-hydrogen) atoms. The Labute approximate surface area is 128 Å². The van der Waals surface area contributed by atoms with Gasteiger partial charge in [0.1, 0.15) is 15.7 Å². The molecular weight excluding hydrogens is 306 g/mol. The Kier molecular flexibility index (Phi) is 3.27. The maximum Gasteiger partial charge on any atom is 0.259 e. The van der Waals surface area contributed by atoms with E-state index in [1.807, 2.05) is 0 Å². The van der Waals surface area contributed by atoms with E-state index in [1.165, 1.54) is 35.0 Å². The fourth-order valence-corrected chi connectivity index (χ4v) is 4.61. The average Bonchev–Trinajstić information content (AvgIpc) is 3.12. The maximum absolute atomic E-state index is 12.4. The van der Waals surface area contributed by atoms with Crippen LogP contribution in [0.5, 0.6) is 0 Å². The van der Waals surface area contributed by atoms with Crippen LogP contribution in [0.15, 0.2) is 16.0 Å². The average molecular weight is 319 g/mol. The van der Waals surface area contributed by atoms with Gasteiger partial charge in [0.15, 0.2) is 0 Å². The molecule has 2 N–H and O–H groups in total. The highest BCUT2D eigenvalue weighted by Gasteiger charge is 2.19. The van der Waals surface area contributed by atoms with Gasteiger partial charge in [0.25, 0.3) is 5.56 Å². The van der Waals surface area contributed by atoms with E-state index >= 15 is 0 Å². The molecule has 8 heteroatoms. The number of rotatable bonds is 3. The van der Waals surface area contributed by atoms with Crippen molar-refractivity contribution in [2.24, 2.45) is 0 Å². The summed E-state index contributed by atoms with van der Waals surface area (Å²) in [6.45, 7) is 0. The van der Waals surface area contributed by atoms with Crippen LogP contribution in [-0.4, -0.2) is 25.4 Å². The van der Waals surface area contributed by atoms with Gasteiger partial charge in [0.2, 0.25) is 0 Å². The van der Waals surface area contributed by atoms with Crippen molar-refractivity contribution in [2.75, 3.05) is 0 Å². The largest absolute Gasteiger partial charge is 0.309 e. The van der Waals surface area contributed by atoms with E-state index < -0.39 is 0 Å². The molecule has 0 aromatic carbocycles. The second kappa shape index (κ2) is 5.27. The lowest BCUT2D eigenvalue weighted by Gasteiger charge is -2.09. The van der Waals surface area contributed by atoms with Crippen molar-refractivity contribution in [1.29, 1.82) is 0 Å². The number of aryl methyl sites for hydroxylation is 2. The molecule has 6 nitrogen and oxygen atoms in total. The molecule has 0 saturated heterocycles. The standard InChI is InChI=1S/C13H13N5OS2/c19-12-11-7-3-1-2-4-8(7)21-13(11)16-9(15-12)6-20-10-5-14-18-17-10/h5H,1-4,6H2,(H,14,17,18)(H,15,16,19). The minimum atomic E-state index is -0.00449. The van der Waals surface area contributed by atoms with Gasteiger partial charge in [-0.15, -0.1) is 16.4 Å². The minimum absolute atomic E-state index is 0.00449. The Morgan fingerprint density at radius 1 is 1.33 bits per heavy atom. The van der Waals surface area contributed by atoms with Crippen molar-refractivity contribution in [1.82, 2.24) is 25.4 Å². The molecule has 0 saturated carbocycles. The summed E-state index contributed by atoms with van der Waals surface area (Å²) in [6, 6.07) is 0. The van der Waals surface area contributed by atoms with Gasteiger partial charge in [-0.2, -0.15) is 10.3 Å². The second-order valence-corrected chi connectivity index (χ2v) is 7.08. The first-order chi connectivity index (χ1) is 10.3. The van der Waals surface area contributed by atoms with Gasteiger partial charge < -0.3 is 4.98 Å². The van der Waals surface area contributed by atoms with E-state index in [2.05, 4.69) is 25.4 Å². The molecule has 0 fully saturated rings. The Morgan fingerprint density at radius 2 is 2.24 bits per heavy atom. The zero-order chi connectivity index (χ0) is 14.2. The van der Waals surface area contributed by atoms with Crippen molar-refractivity contribution in [3.05, 3.63) is 32.8 Å². The summed E-state index contributed by atoms with van der Waals surface area (Å²) in [7, 11) is 0. The molecule has 0 unspecified atom stereocenters. The van der Waals surface area contributed by atoms with Crippen molar-refractivity contribution < 1.29 is 0 Å². The summed E-state index contributed by atoms with van der Waals surface area (Å²) >= 11 is 3.18. The van der Waals surface area contributed by atoms with Crippen LogP contribution in [0, 0.1) is 0 Å².